The molecule has 0 aromatic heterocycles. The molecule has 12 nitrogen and oxygen atoms in total. The van der Waals surface area contributed by atoms with Gasteiger partial charge < -0.3 is 20.3 Å². The van der Waals surface area contributed by atoms with Gasteiger partial charge in [-0.15, -0.1) is 11.8 Å². The Hall–Kier alpha value is -3.30. The number of aliphatic hydroxyl groups is 1. The number of carbonyl (C=O) groups excluding carboxylic acids is 3. The monoisotopic (exact) mass is 608 g/mol. The van der Waals surface area contributed by atoms with Crippen molar-refractivity contribution in [3.63, 3.8) is 0 Å². The van der Waals surface area contributed by atoms with Crippen LogP contribution in [0.4, 0.5) is 0 Å². The fraction of sp³-hybridized carbons (Fsp3) is 0.407. The van der Waals surface area contributed by atoms with Crippen LogP contribution >= 0.6 is 11.8 Å². The number of rotatable bonds is 10. The summed E-state index contributed by atoms with van der Waals surface area (Å²) >= 11 is 1.01. The van der Waals surface area contributed by atoms with Gasteiger partial charge in [0, 0.05) is 0 Å². The lowest BCUT2D eigenvalue weighted by Crippen LogP contribution is -2.73. The van der Waals surface area contributed by atoms with Crippen LogP contribution in [0.2, 0.25) is 0 Å². The predicted molar refractivity (Wildman–Crippen MR) is 148 cm³/mol. The van der Waals surface area contributed by atoms with E-state index in [1.807, 2.05) is 19.9 Å². The summed E-state index contributed by atoms with van der Waals surface area (Å²) in [6.07, 6.45) is -1.11. The molecule has 41 heavy (non-hydrogen) atoms. The number of hydrogen-bond acceptors (Lipinski definition) is 9. The molecule has 2 aromatic carbocycles. The fourth-order valence-electron chi connectivity index (χ4n) is 4.19. The van der Waals surface area contributed by atoms with Gasteiger partial charge in [-0.1, -0.05) is 48.0 Å². The molecule has 14 heteroatoms. The highest BCUT2D eigenvalue weighted by atomic mass is 32.2. The van der Waals surface area contributed by atoms with Crippen molar-refractivity contribution in [3.05, 3.63) is 65.7 Å². The summed E-state index contributed by atoms with van der Waals surface area (Å²) in [6, 6.07) is 13.9. The number of amides is 2. The maximum Gasteiger partial charge on any atom is 0.354 e. The van der Waals surface area contributed by atoms with Crippen LogP contribution in [0.5, 0.6) is 0 Å². The molecule has 3 unspecified atom stereocenters. The van der Waals surface area contributed by atoms with E-state index in [0.29, 0.717) is 6.42 Å². The molecule has 5 atom stereocenters. The molecule has 0 aliphatic carbocycles. The van der Waals surface area contributed by atoms with Crippen molar-refractivity contribution >= 4 is 45.4 Å². The molecular weight excluding hydrogens is 576 g/mol. The number of thioether (sulfide) groups is 1. The Labute approximate surface area is 241 Å². The van der Waals surface area contributed by atoms with Crippen molar-refractivity contribution in [2.75, 3.05) is 5.75 Å². The van der Waals surface area contributed by atoms with Crippen molar-refractivity contribution in [1.82, 2.24) is 10.2 Å². The number of carbonyl (C=O) groups is 4. The number of β-lactam (4-membered cyclic amide) rings is 1. The molecule has 0 radical (unpaired) electrons. The van der Waals surface area contributed by atoms with Crippen LogP contribution < -0.4 is 5.32 Å². The number of likely N-dealkylation sites (tertiary alicyclic amines) is 1. The summed E-state index contributed by atoms with van der Waals surface area (Å²) in [5.74, 6) is -2.88. The number of carboxylic acids is 1. The molecule has 2 aliphatic heterocycles. The molecule has 4 N–H and O–H groups in total. The van der Waals surface area contributed by atoms with Gasteiger partial charge in [0.1, 0.15) is 17.5 Å². The maximum absolute atomic E-state index is 12.4. The van der Waals surface area contributed by atoms with E-state index in [-0.39, 0.29) is 29.0 Å². The Bertz CT molecular complexity index is 1350. The highest BCUT2D eigenvalue weighted by molar-refractivity contribution is 8.00. The van der Waals surface area contributed by atoms with Gasteiger partial charge in [-0.25, -0.2) is 4.79 Å². The number of aliphatic carboxylic acids is 1. The third-order valence-electron chi connectivity index (χ3n) is 6.39. The second kappa shape index (κ2) is 14.0. The first kappa shape index (κ1) is 32.2. The summed E-state index contributed by atoms with van der Waals surface area (Å²) in [4.78, 5) is 49.0. The van der Waals surface area contributed by atoms with Gasteiger partial charge in [-0.05, 0) is 44.4 Å². The normalized spacial score (nSPS) is 22.6. The number of carboxylic acid groups (broad SMARTS) is 1. The molecule has 2 aliphatic rings. The first-order valence-electron chi connectivity index (χ1n) is 12.7. The number of ketones is 1. The van der Waals surface area contributed by atoms with Gasteiger partial charge in [0.2, 0.25) is 12.1 Å². The van der Waals surface area contributed by atoms with Crippen molar-refractivity contribution in [3.8, 4) is 0 Å². The number of nitrogens with one attached hydrogen (secondary N) is 1. The van der Waals surface area contributed by atoms with E-state index < -0.39 is 51.6 Å². The van der Waals surface area contributed by atoms with Crippen LogP contribution in [0.3, 0.4) is 0 Å². The number of aliphatic hydroxyl groups excluding tert-OH is 1. The van der Waals surface area contributed by atoms with E-state index in [9.17, 15) is 32.7 Å². The predicted octanol–water partition coefficient (Wildman–Crippen LogP) is 1.40. The molecule has 0 bridgehead atoms. The van der Waals surface area contributed by atoms with Crippen LogP contribution in [-0.2, 0) is 40.5 Å². The summed E-state index contributed by atoms with van der Waals surface area (Å²) in [5.41, 5.74) is 1.72. The number of nitrogens with zero attached hydrogens (tertiary/aromatic N) is 1. The fourth-order valence-corrected chi connectivity index (χ4v) is 5.95. The van der Waals surface area contributed by atoms with Crippen molar-refractivity contribution in [1.29, 1.82) is 0 Å². The molecule has 2 saturated heterocycles. The van der Waals surface area contributed by atoms with E-state index in [2.05, 4.69) is 5.32 Å². The Kier molecular flexibility index (Phi) is 11.0. The van der Waals surface area contributed by atoms with Crippen LogP contribution in [0.1, 0.15) is 30.9 Å². The minimum absolute atomic E-state index is 0.00425. The van der Waals surface area contributed by atoms with E-state index in [1.54, 1.807) is 36.4 Å². The number of ether oxygens (including phenoxy) is 1. The molecular formula is C27H32N2O10S2. The van der Waals surface area contributed by atoms with Gasteiger partial charge in [-0.3, -0.25) is 23.8 Å². The summed E-state index contributed by atoms with van der Waals surface area (Å²) in [7, 11) is -4.02. The number of Topliss-reactive ketones (excluding diaryl/α,β-unsaturated/α-hetero) is 1. The number of hydrogen-bond donors (Lipinski definition) is 4. The molecule has 4 rings (SSSR count). The minimum Gasteiger partial charge on any atom is -0.478 e. The molecule has 0 spiro atoms. The smallest absolute Gasteiger partial charge is 0.354 e. The first-order chi connectivity index (χ1) is 19.3. The van der Waals surface area contributed by atoms with E-state index in [0.717, 1.165) is 34.2 Å². The van der Waals surface area contributed by atoms with E-state index >= 15 is 0 Å². The van der Waals surface area contributed by atoms with Crippen LogP contribution in [0.15, 0.2) is 59.5 Å². The molecule has 0 saturated carbocycles. The van der Waals surface area contributed by atoms with Gasteiger partial charge >= 0.3 is 5.97 Å². The number of benzene rings is 2. The van der Waals surface area contributed by atoms with E-state index in [1.165, 1.54) is 12.1 Å². The molecule has 222 valence electrons. The van der Waals surface area contributed by atoms with Gasteiger partial charge in [0.25, 0.3) is 16.0 Å². The van der Waals surface area contributed by atoms with Gasteiger partial charge in [0.05, 0.1) is 23.2 Å². The minimum atomic E-state index is -4.02. The Morgan fingerprint density at radius 2 is 1.73 bits per heavy atom. The quantitative estimate of drug-likeness (QED) is 0.225. The molecule has 2 heterocycles. The third-order valence-corrected chi connectivity index (χ3v) is 8.55. The Morgan fingerprint density at radius 3 is 2.27 bits per heavy atom. The van der Waals surface area contributed by atoms with Crippen LogP contribution in [0.25, 0.3) is 0 Å². The summed E-state index contributed by atoms with van der Waals surface area (Å²) in [5, 5.41) is 20.6. The number of aryl methyl sites for hydroxylation is 1. The lowest BCUT2D eigenvalue weighted by Gasteiger charge is -2.47. The van der Waals surface area contributed by atoms with Crippen molar-refractivity contribution in [2.45, 2.75) is 67.9 Å². The second-order valence-electron chi connectivity index (χ2n) is 9.63. The Morgan fingerprint density at radius 1 is 1.10 bits per heavy atom. The van der Waals surface area contributed by atoms with Gasteiger partial charge in [-0.2, -0.15) is 8.42 Å². The van der Waals surface area contributed by atoms with Crippen molar-refractivity contribution < 1.29 is 47.1 Å². The van der Waals surface area contributed by atoms with Crippen molar-refractivity contribution in [2.24, 2.45) is 0 Å². The van der Waals surface area contributed by atoms with E-state index in [4.69, 9.17) is 14.4 Å². The summed E-state index contributed by atoms with van der Waals surface area (Å²) in [6.45, 7) is 3.72. The maximum atomic E-state index is 12.4. The van der Waals surface area contributed by atoms with Crippen LogP contribution in [0, 0.1) is 6.92 Å². The zero-order valence-electron chi connectivity index (χ0n) is 22.4. The molecule has 2 fully saturated rings. The highest BCUT2D eigenvalue weighted by Gasteiger charge is 2.53. The van der Waals surface area contributed by atoms with Gasteiger partial charge in [0.15, 0.2) is 5.78 Å². The average molecular weight is 609 g/mol. The average Bonchev–Trinajstić information content (AvgIpc) is 3.36. The summed E-state index contributed by atoms with van der Waals surface area (Å²) < 4.78 is 35.1. The molecule has 2 amide bonds. The standard InChI is InChI=1S/C20H24N2O7S.C7H8O3S/c1-11-7-8-14(29-11)13(23)10-30-19-16(17(25)22(19)18(26)20(27)28)21-15(24)9-12-5-3-2-4-6-12;1-6-2-4-7(5-3-6)11(8,9)10/h2-6,11,14,16,18-19,26H,7-10H2,1H3,(H,21,24)(H,27,28);2-5H,1H3,(H,8,9,10)/t11?,14?,16-,18?,19-;/m1./s1. The molecule has 2 aromatic rings. The zero-order valence-corrected chi connectivity index (χ0v) is 24.0. The lowest BCUT2D eigenvalue weighted by atomic mass is 10.1. The topological polar surface area (TPSA) is 188 Å². The second-order valence-corrected chi connectivity index (χ2v) is 12.2. The van der Waals surface area contributed by atoms with Crippen LogP contribution in [-0.4, -0.2) is 87.3 Å². The largest absolute Gasteiger partial charge is 0.478 e. The lowest BCUT2D eigenvalue weighted by molar-refractivity contribution is -0.178. The third kappa shape index (κ3) is 8.84. The first-order valence-corrected chi connectivity index (χ1v) is 15.2. The highest BCUT2D eigenvalue weighted by Crippen LogP contribution is 2.33. The SMILES string of the molecule is CC1CCC(C(=O)CS[C@@H]2[C@H](NC(=O)Cc3ccccc3)C(=O)N2C(O)C(=O)O)O1.Cc1ccc(S(=O)(=O)O)cc1. The Balaban J connectivity index is 0.000000352. The zero-order chi connectivity index (χ0) is 30.3.